The second kappa shape index (κ2) is 6.15. The first-order valence-electron chi connectivity index (χ1n) is 6.73. The number of rotatable bonds is 4. The molecule has 0 fully saturated rings. The topological polar surface area (TPSA) is 89.7 Å². The Hall–Kier alpha value is -3.06. The van der Waals surface area contributed by atoms with E-state index in [0.717, 1.165) is 11.4 Å². The van der Waals surface area contributed by atoms with Gasteiger partial charge in [-0.1, -0.05) is 23.4 Å². The van der Waals surface area contributed by atoms with Crippen molar-refractivity contribution >= 4 is 5.91 Å². The van der Waals surface area contributed by atoms with Gasteiger partial charge in [0.05, 0.1) is 17.4 Å². The number of amides is 1. The maximum Gasteiger partial charge on any atom is 0.265 e. The second-order valence-corrected chi connectivity index (χ2v) is 4.72. The van der Waals surface area contributed by atoms with Gasteiger partial charge in [-0.3, -0.25) is 10.2 Å². The molecule has 2 aromatic heterocycles. The van der Waals surface area contributed by atoms with Crippen molar-refractivity contribution in [1.29, 1.82) is 0 Å². The van der Waals surface area contributed by atoms with Crippen LogP contribution in [0.15, 0.2) is 61.1 Å². The standard InChI is InChI=1S/C15H14N6O/c16-17-15(22)12-6-8-20(9-7-12)10-13-11-21(19-18-13)14-4-2-1-3-5-14/h1-9,11,16,22H,10H2/p+1. The fraction of sp³-hybridized carbons (Fsp3) is 0.0667. The van der Waals surface area contributed by atoms with Crippen LogP contribution < -0.4 is 15.8 Å². The summed E-state index contributed by atoms with van der Waals surface area (Å²) in [7, 11) is 0. The van der Waals surface area contributed by atoms with Gasteiger partial charge in [-0.2, -0.15) is 4.57 Å². The molecule has 110 valence electrons. The molecule has 0 saturated carbocycles. The van der Waals surface area contributed by atoms with Gasteiger partial charge in [0.15, 0.2) is 18.9 Å². The highest BCUT2D eigenvalue weighted by Crippen LogP contribution is 2.05. The third-order valence-corrected chi connectivity index (χ3v) is 3.19. The summed E-state index contributed by atoms with van der Waals surface area (Å²) in [4.78, 5) is 11.4. The van der Waals surface area contributed by atoms with Crippen LogP contribution in [0.3, 0.4) is 0 Å². The summed E-state index contributed by atoms with van der Waals surface area (Å²) in [5.41, 5.74) is 4.39. The summed E-state index contributed by atoms with van der Waals surface area (Å²) in [6.45, 7) is 0.567. The number of carbonyl (C=O) groups excluding carboxylic acids is 1. The number of benzene rings is 1. The average molecular weight is 295 g/mol. The van der Waals surface area contributed by atoms with Crippen molar-refractivity contribution in [3.05, 3.63) is 72.3 Å². The Kier molecular flexibility index (Phi) is 3.88. The number of nitrogens with zero attached hydrogens (tertiary/aromatic N) is 4. The van der Waals surface area contributed by atoms with E-state index < -0.39 is 0 Å². The number of aromatic nitrogens is 4. The lowest BCUT2D eigenvalue weighted by molar-refractivity contribution is -0.688. The molecule has 0 aliphatic heterocycles. The summed E-state index contributed by atoms with van der Waals surface area (Å²) in [6, 6.07) is 13.2. The monoisotopic (exact) mass is 295 g/mol. The minimum Gasteiger partial charge on any atom is -0.290 e. The van der Waals surface area contributed by atoms with Gasteiger partial charge in [0.25, 0.3) is 5.91 Å². The van der Waals surface area contributed by atoms with Crippen molar-refractivity contribution < 1.29 is 9.36 Å². The number of hydrogen-bond acceptors (Lipinski definition) is 4. The molecule has 0 atom stereocenters. The van der Waals surface area contributed by atoms with E-state index in [-0.39, 0.29) is 5.91 Å². The number of carbonyl (C=O) groups is 1. The zero-order chi connectivity index (χ0) is 15.4. The minimum absolute atomic E-state index is 0.317. The van der Waals surface area contributed by atoms with Crippen LogP contribution in [0.5, 0.6) is 0 Å². The number of para-hydroxylation sites is 1. The lowest BCUT2D eigenvalue weighted by Crippen LogP contribution is -2.35. The molecular weight excluding hydrogens is 280 g/mol. The summed E-state index contributed by atoms with van der Waals surface area (Å²) in [6.07, 6.45) is 5.47. The number of nitrogen functional groups attached to an aromatic ring is 1. The largest absolute Gasteiger partial charge is 0.290 e. The van der Waals surface area contributed by atoms with Crippen molar-refractivity contribution in [3.8, 4) is 5.69 Å². The molecule has 7 heteroatoms. The van der Waals surface area contributed by atoms with E-state index in [4.69, 9.17) is 5.84 Å². The zero-order valence-electron chi connectivity index (χ0n) is 11.8. The Balaban J connectivity index is 1.74. The fourth-order valence-corrected chi connectivity index (χ4v) is 2.06. The summed E-state index contributed by atoms with van der Waals surface area (Å²) in [5, 5.41) is 8.27. The van der Waals surface area contributed by atoms with Crippen LogP contribution in [0.4, 0.5) is 0 Å². The summed E-state index contributed by atoms with van der Waals surface area (Å²) in [5.74, 6) is 4.78. The number of hydrazine groups is 1. The first kappa shape index (κ1) is 13.9. The molecule has 3 N–H and O–H groups in total. The van der Waals surface area contributed by atoms with E-state index in [9.17, 15) is 4.79 Å². The Morgan fingerprint density at radius 2 is 1.91 bits per heavy atom. The molecule has 3 aromatic rings. The van der Waals surface area contributed by atoms with Gasteiger partial charge >= 0.3 is 0 Å². The fourth-order valence-electron chi connectivity index (χ4n) is 2.06. The van der Waals surface area contributed by atoms with Crippen LogP contribution in [0.25, 0.3) is 5.69 Å². The van der Waals surface area contributed by atoms with Gasteiger partial charge in [0.2, 0.25) is 0 Å². The maximum absolute atomic E-state index is 11.4. The number of pyridine rings is 1. The minimum atomic E-state index is -0.317. The Morgan fingerprint density at radius 3 is 2.59 bits per heavy atom. The highest BCUT2D eigenvalue weighted by molar-refractivity contribution is 5.93. The zero-order valence-corrected chi connectivity index (χ0v) is 11.8. The molecule has 1 amide bonds. The van der Waals surface area contributed by atoms with Gasteiger partial charge in [-0.25, -0.2) is 10.5 Å². The quantitative estimate of drug-likeness (QED) is 0.311. The highest BCUT2D eigenvalue weighted by Gasteiger charge is 2.10. The van der Waals surface area contributed by atoms with E-state index in [1.165, 1.54) is 0 Å². The molecule has 0 spiro atoms. The van der Waals surface area contributed by atoms with Crippen LogP contribution in [-0.2, 0) is 6.54 Å². The predicted octanol–water partition coefficient (Wildman–Crippen LogP) is 0.207. The van der Waals surface area contributed by atoms with E-state index in [2.05, 4.69) is 15.7 Å². The SMILES string of the molecule is NNC(=O)c1cc[n+](Cc2cn(-c3ccccc3)nn2)cc1. The highest BCUT2D eigenvalue weighted by atomic mass is 16.2. The van der Waals surface area contributed by atoms with E-state index in [1.54, 1.807) is 29.2 Å². The van der Waals surface area contributed by atoms with Gasteiger partial charge in [-0.15, -0.1) is 5.10 Å². The third-order valence-electron chi connectivity index (χ3n) is 3.19. The van der Waals surface area contributed by atoms with Gasteiger partial charge < -0.3 is 0 Å². The lowest BCUT2D eigenvalue weighted by atomic mass is 10.2. The van der Waals surface area contributed by atoms with E-state index in [0.29, 0.717) is 12.1 Å². The molecule has 7 nitrogen and oxygen atoms in total. The smallest absolute Gasteiger partial charge is 0.265 e. The van der Waals surface area contributed by atoms with Crippen molar-refractivity contribution in [2.24, 2.45) is 5.84 Å². The van der Waals surface area contributed by atoms with E-state index >= 15 is 0 Å². The van der Waals surface area contributed by atoms with Crippen molar-refractivity contribution in [1.82, 2.24) is 20.4 Å². The van der Waals surface area contributed by atoms with Gasteiger partial charge in [0.1, 0.15) is 5.69 Å². The normalized spacial score (nSPS) is 10.4. The van der Waals surface area contributed by atoms with Crippen molar-refractivity contribution in [2.75, 3.05) is 0 Å². The molecule has 22 heavy (non-hydrogen) atoms. The lowest BCUT2D eigenvalue weighted by Gasteiger charge is -1.98. The van der Waals surface area contributed by atoms with Crippen LogP contribution in [0.2, 0.25) is 0 Å². The molecule has 3 rings (SSSR count). The van der Waals surface area contributed by atoms with Crippen molar-refractivity contribution in [3.63, 3.8) is 0 Å². The van der Waals surface area contributed by atoms with Crippen LogP contribution >= 0.6 is 0 Å². The molecule has 0 radical (unpaired) electrons. The number of nitrogens with one attached hydrogen (secondary N) is 1. The Morgan fingerprint density at radius 1 is 1.18 bits per heavy atom. The molecule has 0 bridgehead atoms. The maximum atomic E-state index is 11.4. The van der Waals surface area contributed by atoms with Gasteiger partial charge in [-0.05, 0) is 12.1 Å². The Labute approximate surface area is 127 Å². The van der Waals surface area contributed by atoms with Gasteiger partial charge in [0, 0.05) is 12.1 Å². The van der Waals surface area contributed by atoms with Crippen molar-refractivity contribution in [2.45, 2.75) is 6.54 Å². The summed E-state index contributed by atoms with van der Waals surface area (Å²) >= 11 is 0. The first-order valence-corrected chi connectivity index (χ1v) is 6.73. The molecule has 0 aliphatic carbocycles. The van der Waals surface area contributed by atoms with Crippen LogP contribution in [0.1, 0.15) is 16.1 Å². The molecule has 0 aliphatic rings. The first-order chi connectivity index (χ1) is 10.8. The molecule has 2 heterocycles. The predicted molar refractivity (Wildman–Crippen MR) is 78.8 cm³/mol. The third kappa shape index (κ3) is 2.99. The molecular formula is C15H15N6O+. The Bertz CT molecular complexity index is 766. The number of nitrogens with two attached hydrogens (primary N) is 1. The van der Waals surface area contributed by atoms with Crippen LogP contribution in [0, 0.1) is 0 Å². The second-order valence-electron chi connectivity index (χ2n) is 4.72. The van der Waals surface area contributed by atoms with Crippen LogP contribution in [-0.4, -0.2) is 20.9 Å². The van der Waals surface area contributed by atoms with E-state index in [1.807, 2.05) is 41.1 Å². The summed E-state index contributed by atoms with van der Waals surface area (Å²) < 4.78 is 3.64. The molecule has 1 aromatic carbocycles. The number of hydrogen-bond donors (Lipinski definition) is 2. The molecule has 0 unspecified atom stereocenters. The molecule has 0 saturated heterocycles. The average Bonchev–Trinajstić information content (AvgIpc) is 3.04.